The lowest BCUT2D eigenvalue weighted by atomic mass is 10.1. The van der Waals surface area contributed by atoms with Gasteiger partial charge in [0.25, 0.3) is 0 Å². The van der Waals surface area contributed by atoms with Crippen LogP contribution in [0.4, 0.5) is 0 Å². The number of nitrogens with one attached hydrogen (secondary N) is 1. The zero-order chi connectivity index (χ0) is 13.9. The van der Waals surface area contributed by atoms with E-state index in [1.165, 1.54) is 44.9 Å². The van der Waals surface area contributed by atoms with Gasteiger partial charge in [0.1, 0.15) is 6.54 Å². The lowest BCUT2D eigenvalue weighted by Gasteiger charge is -2.05. The fourth-order valence-corrected chi connectivity index (χ4v) is 2.22. The van der Waals surface area contributed by atoms with E-state index in [1.807, 2.05) is 16.8 Å². The molecule has 0 radical (unpaired) electrons. The third-order valence-electron chi connectivity index (χ3n) is 3.39. The van der Waals surface area contributed by atoms with Crippen molar-refractivity contribution < 1.29 is 9.67 Å². The van der Waals surface area contributed by atoms with E-state index in [2.05, 4.69) is 6.92 Å². The molecule has 0 bridgehead atoms. The van der Waals surface area contributed by atoms with Gasteiger partial charge >= 0.3 is 0 Å². The molecule has 0 saturated carbocycles. The second kappa shape index (κ2) is 11.9. The molecule has 0 fully saturated rings. The lowest BCUT2D eigenvalue weighted by Crippen LogP contribution is -2.34. The molecule has 0 spiro atoms. The van der Waals surface area contributed by atoms with Crippen molar-refractivity contribution in [3.63, 3.8) is 0 Å². The summed E-state index contributed by atoms with van der Waals surface area (Å²) < 4.78 is 2.01. The lowest BCUT2D eigenvalue weighted by molar-refractivity contribution is -0.697. The summed E-state index contributed by atoms with van der Waals surface area (Å²) in [5.41, 5.74) is 0.474. The molecular formula is C16H27BrN2O. The Morgan fingerprint density at radius 2 is 1.70 bits per heavy atom. The standard InChI is InChI=1S/C16H26N2O.BrH/c1-2-3-4-5-6-7-8-9-12-18-13-10-11-15(14-18)16(17)19;/h10-11,13-14H,2-9,12H2,1H3,(H-,17,19);1H. The minimum Gasteiger partial charge on any atom is -0.859 e. The summed E-state index contributed by atoms with van der Waals surface area (Å²) in [6.07, 6.45) is 14.2. The highest BCUT2D eigenvalue weighted by Gasteiger charge is 2.02. The van der Waals surface area contributed by atoms with Crippen LogP contribution in [0.15, 0.2) is 24.5 Å². The van der Waals surface area contributed by atoms with E-state index in [-0.39, 0.29) is 17.0 Å². The molecule has 1 aromatic rings. The second-order valence-corrected chi connectivity index (χ2v) is 5.13. The maximum atomic E-state index is 11.0. The largest absolute Gasteiger partial charge is 0.859 e. The van der Waals surface area contributed by atoms with Crippen molar-refractivity contribution in [2.45, 2.75) is 64.8 Å². The van der Waals surface area contributed by atoms with Gasteiger partial charge < -0.3 is 10.5 Å². The molecule has 0 aliphatic rings. The molecule has 1 heterocycles. The molecule has 1 N–H and O–H groups in total. The molecule has 0 atom stereocenters. The van der Waals surface area contributed by atoms with Gasteiger partial charge in [0.15, 0.2) is 12.4 Å². The smallest absolute Gasteiger partial charge is 0.176 e. The highest BCUT2D eigenvalue weighted by molar-refractivity contribution is 8.93. The van der Waals surface area contributed by atoms with E-state index < -0.39 is 5.90 Å². The Balaban J connectivity index is 0.00000361. The molecule has 20 heavy (non-hydrogen) atoms. The highest BCUT2D eigenvalue weighted by Crippen LogP contribution is 2.08. The van der Waals surface area contributed by atoms with Crippen LogP contribution in [0.3, 0.4) is 0 Å². The average Bonchev–Trinajstić information content (AvgIpc) is 2.42. The molecule has 0 aliphatic heterocycles. The van der Waals surface area contributed by atoms with Gasteiger partial charge in [-0.25, -0.2) is 4.57 Å². The van der Waals surface area contributed by atoms with Gasteiger partial charge in [-0.05, 0) is 18.4 Å². The Morgan fingerprint density at radius 3 is 2.30 bits per heavy atom. The SMILES string of the molecule is Br.CCCCCCCCCC[n+]1cccc(C(=N)[O-])c1. The number of halogens is 1. The van der Waals surface area contributed by atoms with Crippen molar-refractivity contribution in [3.05, 3.63) is 30.1 Å². The van der Waals surface area contributed by atoms with Crippen LogP contribution in [-0.4, -0.2) is 5.90 Å². The van der Waals surface area contributed by atoms with E-state index in [0.29, 0.717) is 5.56 Å². The molecule has 0 aliphatic carbocycles. The molecule has 0 unspecified atom stereocenters. The van der Waals surface area contributed by atoms with Crippen molar-refractivity contribution in [1.29, 1.82) is 5.41 Å². The molecule has 0 aromatic carbocycles. The van der Waals surface area contributed by atoms with Crippen molar-refractivity contribution in [3.8, 4) is 0 Å². The van der Waals surface area contributed by atoms with Gasteiger partial charge in [0, 0.05) is 18.1 Å². The number of hydrogen-bond donors (Lipinski definition) is 1. The van der Waals surface area contributed by atoms with Gasteiger partial charge in [-0.1, -0.05) is 45.4 Å². The third-order valence-corrected chi connectivity index (χ3v) is 3.39. The van der Waals surface area contributed by atoms with Crippen LogP contribution in [0.25, 0.3) is 0 Å². The summed E-state index contributed by atoms with van der Waals surface area (Å²) in [5, 5.41) is 18.0. The number of aromatic nitrogens is 1. The van der Waals surface area contributed by atoms with Crippen molar-refractivity contribution in [1.82, 2.24) is 0 Å². The number of hydrogen-bond acceptors (Lipinski definition) is 2. The number of aryl methyl sites for hydroxylation is 1. The van der Waals surface area contributed by atoms with E-state index in [1.54, 1.807) is 12.3 Å². The summed E-state index contributed by atoms with van der Waals surface area (Å²) in [6, 6.07) is 3.53. The summed E-state index contributed by atoms with van der Waals surface area (Å²) in [6.45, 7) is 3.18. The molecule has 1 rings (SSSR count). The van der Waals surface area contributed by atoms with Gasteiger partial charge in [0.2, 0.25) is 0 Å². The van der Waals surface area contributed by atoms with Gasteiger partial charge in [0.05, 0.1) is 0 Å². The topological polar surface area (TPSA) is 50.8 Å². The van der Waals surface area contributed by atoms with E-state index in [4.69, 9.17) is 5.41 Å². The molecule has 4 heteroatoms. The van der Waals surface area contributed by atoms with Crippen LogP contribution in [0.5, 0.6) is 0 Å². The first-order chi connectivity index (χ1) is 9.24. The van der Waals surface area contributed by atoms with Gasteiger partial charge in [-0.15, -0.1) is 17.0 Å². The first kappa shape index (κ1) is 19.1. The molecular weight excluding hydrogens is 316 g/mol. The van der Waals surface area contributed by atoms with Crippen molar-refractivity contribution in [2.75, 3.05) is 0 Å². The molecule has 0 saturated heterocycles. The van der Waals surface area contributed by atoms with E-state index in [0.717, 1.165) is 13.0 Å². The Kier molecular flexibility index (Phi) is 11.4. The van der Waals surface area contributed by atoms with Crippen LogP contribution in [0.2, 0.25) is 0 Å². The van der Waals surface area contributed by atoms with Crippen LogP contribution in [0, 0.1) is 5.41 Å². The Hall–Kier alpha value is -0.900. The zero-order valence-electron chi connectivity index (χ0n) is 12.4. The Bertz CT molecular complexity index is 382. The fraction of sp³-hybridized carbons (Fsp3) is 0.625. The van der Waals surface area contributed by atoms with E-state index in [9.17, 15) is 5.11 Å². The van der Waals surface area contributed by atoms with Crippen molar-refractivity contribution >= 4 is 22.9 Å². The highest BCUT2D eigenvalue weighted by atomic mass is 79.9. The number of pyridine rings is 1. The summed E-state index contributed by atoms with van der Waals surface area (Å²) >= 11 is 0. The molecule has 3 nitrogen and oxygen atoms in total. The second-order valence-electron chi connectivity index (χ2n) is 5.13. The Labute approximate surface area is 133 Å². The quantitative estimate of drug-likeness (QED) is 0.301. The van der Waals surface area contributed by atoms with Gasteiger partial charge in [-0.2, -0.15) is 0 Å². The summed E-state index contributed by atoms with van der Waals surface area (Å²) in [5.74, 6) is -0.606. The maximum Gasteiger partial charge on any atom is 0.176 e. The van der Waals surface area contributed by atoms with E-state index >= 15 is 0 Å². The molecule has 0 amide bonds. The monoisotopic (exact) mass is 342 g/mol. The minimum atomic E-state index is -0.606. The summed E-state index contributed by atoms with van der Waals surface area (Å²) in [7, 11) is 0. The van der Waals surface area contributed by atoms with Crippen LogP contribution < -0.4 is 9.67 Å². The first-order valence-electron chi connectivity index (χ1n) is 7.49. The van der Waals surface area contributed by atoms with Crippen LogP contribution in [-0.2, 0) is 6.54 Å². The average molecular weight is 343 g/mol. The predicted molar refractivity (Wildman–Crippen MR) is 86.4 cm³/mol. The Morgan fingerprint density at radius 1 is 1.10 bits per heavy atom. The normalized spacial score (nSPS) is 10.1. The minimum absolute atomic E-state index is 0. The third kappa shape index (κ3) is 8.31. The summed E-state index contributed by atoms with van der Waals surface area (Å²) in [4.78, 5) is 0. The van der Waals surface area contributed by atoms with Crippen molar-refractivity contribution in [2.24, 2.45) is 0 Å². The molecule has 1 aromatic heterocycles. The number of nitrogens with zero attached hydrogens (tertiary/aromatic N) is 1. The predicted octanol–water partition coefficient (Wildman–Crippen LogP) is 3.38. The van der Waals surface area contributed by atoms with Crippen LogP contribution in [0.1, 0.15) is 63.9 Å². The zero-order valence-corrected chi connectivity index (χ0v) is 14.2. The van der Waals surface area contributed by atoms with Crippen LogP contribution >= 0.6 is 17.0 Å². The first-order valence-corrected chi connectivity index (χ1v) is 7.49. The maximum absolute atomic E-state index is 11.0. The molecule has 114 valence electrons. The number of unbranched alkanes of at least 4 members (excludes halogenated alkanes) is 7. The fourth-order valence-electron chi connectivity index (χ4n) is 2.22. The van der Waals surface area contributed by atoms with Gasteiger partial charge in [-0.3, -0.25) is 0 Å². The number of rotatable bonds is 10.